The molecule has 0 aromatic carbocycles. The Hall–Kier alpha value is -1.80. The molecule has 0 aromatic heterocycles. The molecule has 0 saturated heterocycles. The summed E-state index contributed by atoms with van der Waals surface area (Å²) >= 11 is 0. The third-order valence-corrected chi connectivity index (χ3v) is 7.63. The molecule has 8 nitrogen and oxygen atoms in total. The first-order chi connectivity index (χ1) is 21.6. The summed E-state index contributed by atoms with van der Waals surface area (Å²) < 4.78 is 33.5. The van der Waals surface area contributed by atoms with E-state index in [0.29, 0.717) is 17.6 Å². The van der Waals surface area contributed by atoms with Gasteiger partial charge in [0.25, 0.3) is 0 Å². The molecule has 1 N–H and O–H groups in total. The average molecular weight is 655 g/mol. The standard InChI is InChI=1S/C36H64NO7P/c1-6-7-8-9-10-11-12-13-14-15-16-17-18-19-20-21-22-23-24-25-26-27-28-29-31-41-33-36(44-35(2)38)34-43-45(39,40)42-32-30-37(3,4)5/h7-8,10-11,13-14,16-17,19-20,36H,6,9,12,15,18,21-34H2,1-5H3/p+1/b8-7-,11-10-,14-13-,17-16-,20-19-. The van der Waals surface area contributed by atoms with Crippen LogP contribution in [0.4, 0.5) is 0 Å². The average Bonchev–Trinajstić information content (AvgIpc) is 2.96. The molecule has 0 rings (SSSR count). The van der Waals surface area contributed by atoms with Gasteiger partial charge in [0, 0.05) is 13.5 Å². The van der Waals surface area contributed by atoms with E-state index in [1.807, 2.05) is 21.1 Å². The number of esters is 1. The molecule has 2 unspecified atom stereocenters. The highest BCUT2D eigenvalue weighted by Crippen LogP contribution is 2.43. The maximum absolute atomic E-state index is 12.1. The summed E-state index contributed by atoms with van der Waals surface area (Å²) in [5.74, 6) is -0.496. The Morgan fingerprint density at radius 2 is 1.18 bits per heavy atom. The zero-order valence-electron chi connectivity index (χ0n) is 29.1. The number of allylic oxidation sites excluding steroid dienone is 10. The first-order valence-corrected chi connectivity index (χ1v) is 18.5. The summed E-state index contributed by atoms with van der Waals surface area (Å²) in [4.78, 5) is 21.3. The topological polar surface area (TPSA) is 91.3 Å². The lowest BCUT2D eigenvalue weighted by Crippen LogP contribution is -2.37. The van der Waals surface area contributed by atoms with E-state index in [1.54, 1.807) is 0 Å². The third-order valence-electron chi connectivity index (χ3n) is 6.64. The Morgan fingerprint density at radius 3 is 1.69 bits per heavy atom. The maximum atomic E-state index is 12.1. The van der Waals surface area contributed by atoms with Crippen molar-refractivity contribution in [1.29, 1.82) is 0 Å². The van der Waals surface area contributed by atoms with Crippen LogP contribution in [0.1, 0.15) is 104 Å². The van der Waals surface area contributed by atoms with Gasteiger partial charge in [-0.15, -0.1) is 0 Å². The van der Waals surface area contributed by atoms with Crippen molar-refractivity contribution in [3.05, 3.63) is 60.8 Å². The van der Waals surface area contributed by atoms with Gasteiger partial charge in [-0.25, -0.2) is 4.57 Å². The van der Waals surface area contributed by atoms with Crippen LogP contribution in [0.2, 0.25) is 0 Å². The fraction of sp³-hybridized carbons (Fsp3) is 0.694. The molecule has 0 aliphatic heterocycles. The number of ether oxygens (including phenoxy) is 2. The lowest BCUT2D eigenvalue weighted by Gasteiger charge is -2.24. The molecule has 9 heteroatoms. The number of phosphoric ester groups is 1. The van der Waals surface area contributed by atoms with E-state index in [1.165, 1.54) is 45.4 Å². The van der Waals surface area contributed by atoms with Crippen LogP contribution in [-0.2, 0) is 27.9 Å². The van der Waals surface area contributed by atoms with Crippen LogP contribution in [0.15, 0.2) is 60.8 Å². The van der Waals surface area contributed by atoms with Crippen LogP contribution in [-0.4, -0.2) is 75.6 Å². The smallest absolute Gasteiger partial charge is 0.458 e. The number of carbonyl (C=O) groups excluding carboxylic acids is 1. The maximum Gasteiger partial charge on any atom is 0.472 e. The van der Waals surface area contributed by atoms with Crippen molar-refractivity contribution in [3.8, 4) is 0 Å². The van der Waals surface area contributed by atoms with Crippen LogP contribution in [0.5, 0.6) is 0 Å². The molecular weight excluding hydrogens is 589 g/mol. The second kappa shape index (κ2) is 29.6. The Balaban J connectivity index is 3.72. The van der Waals surface area contributed by atoms with Gasteiger partial charge < -0.3 is 18.9 Å². The van der Waals surface area contributed by atoms with E-state index >= 15 is 0 Å². The Kier molecular flexibility index (Phi) is 28.4. The van der Waals surface area contributed by atoms with Crippen molar-refractivity contribution in [2.24, 2.45) is 0 Å². The van der Waals surface area contributed by atoms with E-state index in [9.17, 15) is 14.3 Å². The highest BCUT2D eigenvalue weighted by molar-refractivity contribution is 7.47. The third kappa shape index (κ3) is 34.9. The summed E-state index contributed by atoms with van der Waals surface area (Å²) in [6.07, 6.45) is 37.4. The summed E-state index contributed by atoms with van der Waals surface area (Å²) in [6.45, 7) is 4.46. The van der Waals surface area contributed by atoms with Crippen LogP contribution in [0.3, 0.4) is 0 Å². The first kappa shape index (κ1) is 43.2. The normalized spacial score (nSPS) is 14.9. The van der Waals surface area contributed by atoms with E-state index in [4.69, 9.17) is 18.5 Å². The highest BCUT2D eigenvalue weighted by Gasteiger charge is 2.25. The van der Waals surface area contributed by atoms with Crippen molar-refractivity contribution >= 4 is 13.8 Å². The molecule has 0 spiro atoms. The van der Waals surface area contributed by atoms with Crippen molar-refractivity contribution in [2.45, 2.75) is 110 Å². The number of likely N-dealkylation sites (N-methyl/N-ethyl adjacent to an activating group) is 1. The molecule has 0 bridgehead atoms. The number of hydrogen-bond acceptors (Lipinski definition) is 6. The minimum Gasteiger partial charge on any atom is -0.458 e. The van der Waals surface area contributed by atoms with Crippen molar-refractivity contribution in [1.82, 2.24) is 0 Å². The summed E-state index contributed by atoms with van der Waals surface area (Å²) in [6, 6.07) is 0. The molecule has 0 saturated carbocycles. The number of unbranched alkanes of at least 4 members (excludes halogenated alkanes) is 8. The minimum atomic E-state index is -4.23. The van der Waals surface area contributed by atoms with Gasteiger partial charge in [-0.3, -0.25) is 13.8 Å². The fourth-order valence-corrected chi connectivity index (χ4v) is 4.85. The van der Waals surface area contributed by atoms with Gasteiger partial charge in [-0.05, 0) is 51.4 Å². The highest BCUT2D eigenvalue weighted by atomic mass is 31.2. The van der Waals surface area contributed by atoms with Crippen molar-refractivity contribution in [3.63, 3.8) is 0 Å². The van der Waals surface area contributed by atoms with Gasteiger partial charge in [0.2, 0.25) is 0 Å². The fourth-order valence-electron chi connectivity index (χ4n) is 4.11. The van der Waals surface area contributed by atoms with Gasteiger partial charge in [0.1, 0.15) is 19.3 Å². The molecular formula is C36H65NO7P+. The zero-order chi connectivity index (χ0) is 33.5. The lowest BCUT2D eigenvalue weighted by atomic mass is 10.1. The number of carbonyl (C=O) groups is 1. The molecule has 0 aliphatic carbocycles. The molecule has 0 radical (unpaired) electrons. The molecule has 45 heavy (non-hydrogen) atoms. The van der Waals surface area contributed by atoms with Crippen LogP contribution in [0, 0.1) is 0 Å². The number of quaternary nitrogens is 1. The molecule has 2 atom stereocenters. The van der Waals surface area contributed by atoms with Crippen LogP contribution < -0.4 is 0 Å². The summed E-state index contributed by atoms with van der Waals surface area (Å²) in [5, 5.41) is 0. The van der Waals surface area contributed by atoms with E-state index in [0.717, 1.165) is 51.4 Å². The number of phosphoric acid groups is 1. The van der Waals surface area contributed by atoms with Gasteiger partial charge in [0.05, 0.1) is 34.4 Å². The van der Waals surface area contributed by atoms with Crippen LogP contribution in [0.25, 0.3) is 0 Å². The largest absolute Gasteiger partial charge is 0.472 e. The van der Waals surface area contributed by atoms with Crippen molar-refractivity contribution < 1.29 is 37.3 Å². The molecule has 260 valence electrons. The SMILES string of the molecule is CC/C=C\C/C=C\C/C=C\C/C=C\C/C=C\CCCCCCCCCCOCC(COP(=O)(O)OCC[N+](C)(C)C)OC(C)=O. The first-order valence-electron chi connectivity index (χ1n) is 17.0. The predicted octanol–water partition coefficient (Wildman–Crippen LogP) is 9.04. The Bertz CT molecular complexity index is 906. The van der Waals surface area contributed by atoms with Gasteiger partial charge in [-0.2, -0.15) is 0 Å². The number of hydrogen-bond donors (Lipinski definition) is 1. The number of nitrogens with zero attached hydrogens (tertiary/aromatic N) is 1. The Labute approximate surface area is 275 Å². The van der Waals surface area contributed by atoms with Gasteiger partial charge in [-0.1, -0.05) is 106 Å². The Morgan fingerprint density at radius 1 is 0.689 bits per heavy atom. The van der Waals surface area contributed by atoms with Gasteiger partial charge in [0.15, 0.2) is 0 Å². The molecule has 0 amide bonds. The molecule has 0 heterocycles. The van der Waals surface area contributed by atoms with E-state index < -0.39 is 19.9 Å². The number of rotatable bonds is 30. The van der Waals surface area contributed by atoms with Crippen molar-refractivity contribution in [2.75, 3.05) is 54.1 Å². The van der Waals surface area contributed by atoms with E-state index in [2.05, 4.69) is 67.7 Å². The summed E-state index contributed by atoms with van der Waals surface area (Å²) in [5.41, 5.74) is 0. The van der Waals surface area contributed by atoms with E-state index in [-0.39, 0.29) is 19.8 Å². The zero-order valence-corrected chi connectivity index (χ0v) is 30.0. The predicted molar refractivity (Wildman–Crippen MR) is 187 cm³/mol. The molecule has 0 aromatic rings. The quantitative estimate of drug-likeness (QED) is 0.0272. The monoisotopic (exact) mass is 654 g/mol. The lowest BCUT2D eigenvalue weighted by molar-refractivity contribution is -0.870. The molecule has 0 fully saturated rings. The van der Waals surface area contributed by atoms with Gasteiger partial charge >= 0.3 is 13.8 Å². The second-order valence-corrected chi connectivity index (χ2v) is 13.7. The van der Waals surface area contributed by atoms with Crippen LogP contribution >= 0.6 is 7.82 Å². The minimum absolute atomic E-state index is 0.0805. The summed E-state index contributed by atoms with van der Waals surface area (Å²) in [7, 11) is 1.64. The molecule has 0 aliphatic rings. The second-order valence-electron chi connectivity index (χ2n) is 12.2.